The van der Waals surface area contributed by atoms with E-state index in [9.17, 15) is 9.18 Å². The van der Waals surface area contributed by atoms with Gasteiger partial charge in [0, 0.05) is 6.54 Å². The molecule has 0 aliphatic carbocycles. The number of rotatable bonds is 3. The Bertz CT molecular complexity index is 383. The molecule has 0 aliphatic heterocycles. The molecule has 0 saturated carbocycles. The number of hydrogen-bond donors (Lipinski definition) is 1. The maximum atomic E-state index is 12.5. The molecule has 1 rings (SSSR count). The Kier molecular flexibility index (Phi) is 3.75. The normalized spacial score (nSPS) is 11.5. The highest BCUT2D eigenvalue weighted by Crippen LogP contribution is 1.98. The van der Waals surface area contributed by atoms with Crippen LogP contribution in [0.3, 0.4) is 0 Å². The van der Waals surface area contributed by atoms with Crippen LogP contribution >= 0.6 is 0 Å². The first kappa shape index (κ1) is 11.1. The van der Waals surface area contributed by atoms with E-state index >= 15 is 0 Å². The molecule has 0 radical (unpaired) electrons. The van der Waals surface area contributed by atoms with E-state index in [1.54, 1.807) is 6.92 Å². The molecule has 0 fully saturated rings. The number of nitrogens with zero attached hydrogens (tertiary/aromatic N) is 2. The molecule has 1 aromatic heterocycles. The molecule has 1 aromatic rings. The summed E-state index contributed by atoms with van der Waals surface area (Å²) in [5, 5.41) is 11.0. The van der Waals surface area contributed by atoms with E-state index < -0.39 is 11.7 Å². The summed E-state index contributed by atoms with van der Waals surface area (Å²) in [4.78, 5) is 15.0. The van der Waals surface area contributed by atoms with Gasteiger partial charge in [-0.25, -0.2) is 9.37 Å². The maximum Gasteiger partial charge on any atom is 0.269 e. The number of aromatic nitrogens is 1. The Morgan fingerprint density at radius 2 is 2.47 bits per heavy atom. The first-order valence-electron chi connectivity index (χ1n) is 4.43. The van der Waals surface area contributed by atoms with Crippen molar-refractivity contribution < 1.29 is 9.18 Å². The zero-order valence-corrected chi connectivity index (χ0v) is 8.20. The third-order valence-electron chi connectivity index (χ3n) is 1.75. The predicted octanol–water partition coefficient (Wildman–Crippen LogP) is 1.11. The monoisotopic (exact) mass is 207 g/mol. The molecule has 0 saturated heterocycles. The number of hydrogen-bond acceptors (Lipinski definition) is 3. The quantitative estimate of drug-likeness (QED) is 0.807. The molecular formula is C10H10FN3O. The van der Waals surface area contributed by atoms with Crippen molar-refractivity contribution in [2.24, 2.45) is 5.92 Å². The fourth-order valence-corrected chi connectivity index (χ4v) is 0.892. The van der Waals surface area contributed by atoms with Crippen LogP contribution in [0.5, 0.6) is 0 Å². The van der Waals surface area contributed by atoms with Crippen molar-refractivity contribution >= 4 is 5.91 Å². The van der Waals surface area contributed by atoms with Gasteiger partial charge in [-0.2, -0.15) is 5.26 Å². The molecule has 5 heteroatoms. The standard InChI is InChI=1S/C10H10FN3O/c1-7(4-12)5-14-10(15)9-3-2-8(11)6-13-9/h2-3,6-7H,5H2,1H3,(H,14,15). The molecule has 78 valence electrons. The molecule has 1 atom stereocenters. The smallest absolute Gasteiger partial charge is 0.269 e. The Balaban J connectivity index is 2.55. The number of carbonyl (C=O) groups excluding carboxylic acids is 1. The largest absolute Gasteiger partial charge is 0.349 e. The highest BCUT2D eigenvalue weighted by Gasteiger charge is 2.08. The van der Waals surface area contributed by atoms with Crippen LogP contribution in [0.4, 0.5) is 4.39 Å². The lowest BCUT2D eigenvalue weighted by Crippen LogP contribution is -2.28. The predicted molar refractivity (Wildman–Crippen MR) is 51.3 cm³/mol. The summed E-state index contributed by atoms with van der Waals surface area (Å²) < 4.78 is 12.5. The Hall–Kier alpha value is -1.96. The van der Waals surface area contributed by atoms with Crippen LogP contribution in [0.1, 0.15) is 17.4 Å². The number of nitrogens with one attached hydrogen (secondary N) is 1. The van der Waals surface area contributed by atoms with Crippen LogP contribution in [0.25, 0.3) is 0 Å². The lowest BCUT2D eigenvalue weighted by molar-refractivity contribution is 0.0945. The van der Waals surface area contributed by atoms with Crippen molar-refractivity contribution in [2.75, 3.05) is 6.54 Å². The highest BCUT2D eigenvalue weighted by molar-refractivity contribution is 5.92. The third-order valence-corrected chi connectivity index (χ3v) is 1.75. The number of carbonyl (C=O) groups is 1. The summed E-state index contributed by atoms with van der Waals surface area (Å²) in [5.74, 6) is -1.15. The van der Waals surface area contributed by atoms with Crippen molar-refractivity contribution in [1.82, 2.24) is 10.3 Å². The molecule has 1 amide bonds. The first-order valence-corrected chi connectivity index (χ1v) is 4.43. The summed E-state index contributed by atoms with van der Waals surface area (Å²) in [6, 6.07) is 4.44. The fraction of sp³-hybridized carbons (Fsp3) is 0.300. The topological polar surface area (TPSA) is 65.8 Å². The zero-order chi connectivity index (χ0) is 11.3. The highest BCUT2D eigenvalue weighted by atomic mass is 19.1. The Labute approximate surface area is 86.7 Å². The van der Waals surface area contributed by atoms with Gasteiger partial charge in [-0.05, 0) is 19.1 Å². The third kappa shape index (κ3) is 3.35. The van der Waals surface area contributed by atoms with Crippen LogP contribution in [-0.4, -0.2) is 17.4 Å². The van der Waals surface area contributed by atoms with Crippen LogP contribution in [0.15, 0.2) is 18.3 Å². The second-order valence-corrected chi connectivity index (χ2v) is 3.10. The van der Waals surface area contributed by atoms with Gasteiger partial charge < -0.3 is 5.32 Å². The second kappa shape index (κ2) is 5.05. The summed E-state index contributed by atoms with van der Waals surface area (Å²) in [6.07, 6.45) is 0.975. The van der Waals surface area contributed by atoms with Crippen molar-refractivity contribution in [3.63, 3.8) is 0 Å². The molecule has 15 heavy (non-hydrogen) atoms. The molecule has 0 spiro atoms. The lowest BCUT2D eigenvalue weighted by Gasteiger charge is -2.04. The van der Waals surface area contributed by atoms with Crippen LogP contribution in [0, 0.1) is 23.1 Å². The number of pyridine rings is 1. The summed E-state index contributed by atoms with van der Waals surface area (Å²) in [6.45, 7) is 1.95. The van der Waals surface area contributed by atoms with E-state index in [1.807, 2.05) is 6.07 Å². The minimum absolute atomic E-state index is 0.140. The van der Waals surface area contributed by atoms with Gasteiger partial charge in [0.2, 0.25) is 0 Å². The van der Waals surface area contributed by atoms with Crippen LogP contribution in [-0.2, 0) is 0 Å². The van der Waals surface area contributed by atoms with Gasteiger partial charge in [0.25, 0.3) is 5.91 Å². The van der Waals surface area contributed by atoms with E-state index in [4.69, 9.17) is 5.26 Å². The van der Waals surface area contributed by atoms with E-state index in [-0.39, 0.29) is 18.2 Å². The van der Waals surface area contributed by atoms with E-state index in [1.165, 1.54) is 6.07 Å². The van der Waals surface area contributed by atoms with E-state index in [0.29, 0.717) is 0 Å². The van der Waals surface area contributed by atoms with Gasteiger partial charge in [-0.3, -0.25) is 4.79 Å². The minimum Gasteiger partial charge on any atom is -0.349 e. The molecular weight excluding hydrogens is 197 g/mol. The first-order chi connectivity index (χ1) is 7.13. The maximum absolute atomic E-state index is 12.5. The summed E-state index contributed by atoms with van der Waals surface area (Å²) in [5.41, 5.74) is 0.140. The molecule has 4 nitrogen and oxygen atoms in total. The fourth-order valence-electron chi connectivity index (χ4n) is 0.892. The van der Waals surface area contributed by atoms with Crippen molar-refractivity contribution in [1.29, 1.82) is 5.26 Å². The van der Waals surface area contributed by atoms with Crippen molar-refractivity contribution in [2.45, 2.75) is 6.92 Å². The second-order valence-electron chi connectivity index (χ2n) is 3.10. The lowest BCUT2D eigenvalue weighted by atomic mass is 10.2. The Morgan fingerprint density at radius 3 is 3.00 bits per heavy atom. The van der Waals surface area contributed by atoms with Gasteiger partial charge in [-0.15, -0.1) is 0 Å². The molecule has 0 aromatic carbocycles. The minimum atomic E-state index is -0.489. The molecule has 1 heterocycles. The average molecular weight is 207 g/mol. The van der Waals surface area contributed by atoms with E-state index in [0.717, 1.165) is 12.3 Å². The molecule has 1 N–H and O–H groups in total. The average Bonchev–Trinajstić information content (AvgIpc) is 2.26. The van der Waals surface area contributed by atoms with E-state index in [2.05, 4.69) is 10.3 Å². The SMILES string of the molecule is CC(C#N)CNC(=O)c1ccc(F)cn1. The number of amides is 1. The van der Waals surface area contributed by atoms with Crippen LogP contribution in [0.2, 0.25) is 0 Å². The van der Waals surface area contributed by atoms with Crippen LogP contribution < -0.4 is 5.32 Å². The number of nitriles is 1. The van der Waals surface area contributed by atoms with Gasteiger partial charge in [-0.1, -0.05) is 0 Å². The number of halogens is 1. The van der Waals surface area contributed by atoms with Crippen molar-refractivity contribution in [3.05, 3.63) is 29.8 Å². The molecule has 1 unspecified atom stereocenters. The van der Waals surface area contributed by atoms with Gasteiger partial charge in [0.1, 0.15) is 11.5 Å². The molecule has 0 bridgehead atoms. The van der Waals surface area contributed by atoms with Gasteiger partial charge >= 0.3 is 0 Å². The summed E-state index contributed by atoms with van der Waals surface area (Å²) >= 11 is 0. The Morgan fingerprint density at radius 1 is 1.73 bits per heavy atom. The van der Waals surface area contributed by atoms with Gasteiger partial charge in [0.15, 0.2) is 0 Å². The van der Waals surface area contributed by atoms with Crippen molar-refractivity contribution in [3.8, 4) is 6.07 Å². The van der Waals surface area contributed by atoms with Gasteiger partial charge in [0.05, 0.1) is 18.2 Å². The summed E-state index contributed by atoms with van der Waals surface area (Å²) in [7, 11) is 0. The zero-order valence-electron chi connectivity index (χ0n) is 8.20. The molecule has 0 aliphatic rings.